The van der Waals surface area contributed by atoms with Crippen molar-refractivity contribution in [2.75, 3.05) is 20.2 Å². The third-order valence-corrected chi connectivity index (χ3v) is 3.55. The molecule has 1 aliphatic heterocycles. The molecule has 0 radical (unpaired) electrons. The second kappa shape index (κ2) is 6.61. The van der Waals surface area contributed by atoms with Crippen molar-refractivity contribution < 1.29 is 14.3 Å². The van der Waals surface area contributed by atoms with Gasteiger partial charge in [0.05, 0.1) is 7.11 Å². The van der Waals surface area contributed by atoms with Gasteiger partial charge < -0.3 is 15.0 Å². The highest BCUT2D eigenvalue weighted by atomic mass is 16.5. The fourth-order valence-electron chi connectivity index (χ4n) is 2.52. The number of rotatable bonds is 4. The molecular formula is C16H22N2O3. The quantitative estimate of drug-likeness (QED) is 0.919. The third-order valence-electron chi connectivity index (χ3n) is 3.55. The predicted octanol–water partition coefficient (Wildman–Crippen LogP) is 1.74. The van der Waals surface area contributed by atoms with Gasteiger partial charge in [0, 0.05) is 19.5 Å². The van der Waals surface area contributed by atoms with Crippen LogP contribution in [0, 0.1) is 5.92 Å². The van der Waals surface area contributed by atoms with Crippen molar-refractivity contribution in [3.63, 3.8) is 0 Å². The van der Waals surface area contributed by atoms with Gasteiger partial charge in [-0.2, -0.15) is 0 Å². The maximum Gasteiger partial charge on any atom is 0.247 e. The molecule has 5 nitrogen and oxygen atoms in total. The molecule has 114 valence electrons. The van der Waals surface area contributed by atoms with Gasteiger partial charge in [0.2, 0.25) is 11.8 Å². The maximum absolute atomic E-state index is 12.4. The van der Waals surface area contributed by atoms with Gasteiger partial charge in [-0.1, -0.05) is 26.0 Å². The number of benzene rings is 1. The second-order valence-corrected chi connectivity index (χ2v) is 5.65. The van der Waals surface area contributed by atoms with Crippen LogP contribution in [0.5, 0.6) is 5.75 Å². The van der Waals surface area contributed by atoms with Crippen LogP contribution < -0.4 is 10.1 Å². The van der Waals surface area contributed by atoms with Crippen molar-refractivity contribution >= 4 is 11.8 Å². The zero-order chi connectivity index (χ0) is 15.4. The largest absolute Gasteiger partial charge is 0.497 e. The number of nitrogens with zero attached hydrogens (tertiary/aromatic N) is 1. The number of methoxy groups -OCH3 is 1. The third kappa shape index (κ3) is 3.54. The summed E-state index contributed by atoms with van der Waals surface area (Å²) >= 11 is 0. The normalized spacial score (nSPS) is 18.6. The maximum atomic E-state index is 12.4. The fraction of sp³-hybridized carbons (Fsp3) is 0.500. The van der Waals surface area contributed by atoms with Crippen LogP contribution in [0.15, 0.2) is 24.3 Å². The van der Waals surface area contributed by atoms with Crippen molar-refractivity contribution in [1.82, 2.24) is 10.2 Å². The van der Waals surface area contributed by atoms with Gasteiger partial charge in [0.25, 0.3) is 0 Å². The summed E-state index contributed by atoms with van der Waals surface area (Å²) in [7, 11) is 1.60. The number of carbonyl (C=O) groups excluding carboxylic acids is 2. The van der Waals surface area contributed by atoms with Crippen LogP contribution >= 0.6 is 0 Å². The minimum absolute atomic E-state index is 0.0284. The molecule has 1 heterocycles. The molecule has 2 rings (SSSR count). The Morgan fingerprint density at radius 1 is 1.38 bits per heavy atom. The molecule has 5 heteroatoms. The molecule has 1 fully saturated rings. The van der Waals surface area contributed by atoms with E-state index in [1.807, 2.05) is 38.1 Å². The minimum Gasteiger partial charge on any atom is -0.497 e. The second-order valence-electron chi connectivity index (χ2n) is 5.65. The van der Waals surface area contributed by atoms with Crippen LogP contribution in [0.3, 0.4) is 0 Å². The number of ether oxygens (including phenoxy) is 1. The molecule has 1 unspecified atom stereocenters. The van der Waals surface area contributed by atoms with Gasteiger partial charge in [-0.3, -0.25) is 9.59 Å². The average molecular weight is 290 g/mol. The van der Waals surface area contributed by atoms with Gasteiger partial charge in [0.1, 0.15) is 11.8 Å². The molecule has 1 N–H and O–H groups in total. The lowest BCUT2D eigenvalue weighted by atomic mass is 10.0. The molecule has 1 atom stereocenters. The number of piperazine rings is 1. The highest BCUT2D eigenvalue weighted by molar-refractivity contribution is 5.89. The van der Waals surface area contributed by atoms with E-state index in [0.717, 1.165) is 11.3 Å². The minimum atomic E-state index is -0.545. The summed E-state index contributed by atoms with van der Waals surface area (Å²) < 4.78 is 5.13. The number of amides is 2. The van der Waals surface area contributed by atoms with E-state index in [2.05, 4.69) is 5.32 Å². The molecule has 1 saturated heterocycles. The Hall–Kier alpha value is -2.04. The molecule has 1 aromatic carbocycles. The Kier molecular flexibility index (Phi) is 4.83. The number of hydrogen-bond acceptors (Lipinski definition) is 3. The lowest BCUT2D eigenvalue weighted by Gasteiger charge is -2.35. The van der Waals surface area contributed by atoms with Crippen molar-refractivity contribution in [2.45, 2.75) is 26.3 Å². The van der Waals surface area contributed by atoms with Crippen LogP contribution in [0.1, 0.15) is 31.9 Å². The van der Waals surface area contributed by atoms with Crippen molar-refractivity contribution in [1.29, 1.82) is 0 Å². The zero-order valence-corrected chi connectivity index (χ0v) is 12.8. The van der Waals surface area contributed by atoms with E-state index in [9.17, 15) is 9.59 Å². The van der Waals surface area contributed by atoms with E-state index in [4.69, 9.17) is 4.74 Å². The van der Waals surface area contributed by atoms with Crippen molar-refractivity contribution in [2.24, 2.45) is 5.92 Å². The Balaban J connectivity index is 2.25. The first kappa shape index (κ1) is 15.4. The molecule has 2 amide bonds. The number of carbonyl (C=O) groups is 2. The van der Waals surface area contributed by atoms with E-state index >= 15 is 0 Å². The van der Waals surface area contributed by atoms with E-state index in [1.54, 1.807) is 12.0 Å². The number of hydrogen-bond donors (Lipinski definition) is 1. The van der Waals surface area contributed by atoms with E-state index < -0.39 is 6.04 Å². The first-order valence-electron chi connectivity index (χ1n) is 7.24. The van der Waals surface area contributed by atoms with E-state index in [1.165, 1.54) is 0 Å². The lowest BCUT2D eigenvalue weighted by Crippen LogP contribution is -2.52. The average Bonchev–Trinajstić information content (AvgIpc) is 2.46. The Labute approximate surface area is 125 Å². The van der Waals surface area contributed by atoms with Gasteiger partial charge in [-0.15, -0.1) is 0 Å². The summed E-state index contributed by atoms with van der Waals surface area (Å²) in [6.07, 6.45) is 0.458. The summed E-state index contributed by atoms with van der Waals surface area (Å²) in [5, 5.41) is 2.83. The van der Waals surface area contributed by atoms with E-state index in [0.29, 0.717) is 19.5 Å². The summed E-state index contributed by atoms with van der Waals surface area (Å²) in [5.41, 5.74) is 0.810. The Morgan fingerprint density at radius 2 is 2.05 bits per heavy atom. The summed E-state index contributed by atoms with van der Waals surface area (Å²) in [6, 6.07) is 6.74. The summed E-state index contributed by atoms with van der Waals surface area (Å²) in [5.74, 6) is 0.915. The highest BCUT2D eigenvalue weighted by Gasteiger charge is 2.34. The smallest absolute Gasteiger partial charge is 0.247 e. The lowest BCUT2D eigenvalue weighted by molar-refractivity contribution is -0.144. The molecule has 0 saturated carbocycles. The molecule has 0 bridgehead atoms. The van der Waals surface area contributed by atoms with Crippen LogP contribution in [-0.4, -0.2) is 36.9 Å². The van der Waals surface area contributed by atoms with E-state index in [-0.39, 0.29) is 17.7 Å². The van der Waals surface area contributed by atoms with Crippen LogP contribution in [-0.2, 0) is 9.59 Å². The van der Waals surface area contributed by atoms with Gasteiger partial charge in [0.15, 0.2) is 0 Å². The van der Waals surface area contributed by atoms with Crippen molar-refractivity contribution in [3.8, 4) is 5.75 Å². The monoisotopic (exact) mass is 290 g/mol. The van der Waals surface area contributed by atoms with Gasteiger partial charge in [-0.25, -0.2) is 0 Å². The number of nitrogens with one attached hydrogen (secondary N) is 1. The fourth-order valence-corrected chi connectivity index (χ4v) is 2.52. The topological polar surface area (TPSA) is 58.6 Å². The van der Waals surface area contributed by atoms with Crippen LogP contribution in [0.4, 0.5) is 0 Å². The van der Waals surface area contributed by atoms with Gasteiger partial charge in [-0.05, 0) is 23.6 Å². The first-order chi connectivity index (χ1) is 10.0. The molecule has 1 aliphatic rings. The standard InChI is InChI=1S/C16H22N2O3/c1-11(2)10-14(19)18-9-8-17-16(20)15(18)12-4-6-13(21-3)7-5-12/h4-7,11,15H,8-10H2,1-3H3,(H,17,20). The zero-order valence-electron chi connectivity index (χ0n) is 12.8. The molecule has 0 spiro atoms. The van der Waals surface area contributed by atoms with Gasteiger partial charge >= 0.3 is 0 Å². The Bertz CT molecular complexity index is 511. The summed E-state index contributed by atoms with van der Waals surface area (Å²) in [6.45, 7) is 5.07. The molecular weight excluding hydrogens is 268 g/mol. The van der Waals surface area contributed by atoms with Crippen molar-refractivity contribution in [3.05, 3.63) is 29.8 Å². The highest BCUT2D eigenvalue weighted by Crippen LogP contribution is 2.26. The Morgan fingerprint density at radius 3 is 2.62 bits per heavy atom. The molecule has 21 heavy (non-hydrogen) atoms. The molecule has 0 aliphatic carbocycles. The van der Waals surface area contributed by atoms with Crippen LogP contribution in [0.2, 0.25) is 0 Å². The first-order valence-corrected chi connectivity index (χ1v) is 7.24. The SMILES string of the molecule is COc1ccc(C2C(=O)NCCN2C(=O)CC(C)C)cc1. The molecule has 1 aromatic rings. The summed E-state index contributed by atoms with van der Waals surface area (Å²) in [4.78, 5) is 26.3. The predicted molar refractivity (Wildman–Crippen MR) is 79.9 cm³/mol. The molecule has 0 aromatic heterocycles. The van der Waals surface area contributed by atoms with Crippen LogP contribution in [0.25, 0.3) is 0 Å².